The molecule has 0 bridgehead atoms. The fourth-order valence-corrected chi connectivity index (χ4v) is 1.25. The van der Waals surface area contributed by atoms with Crippen LogP contribution in [0.2, 0.25) is 0 Å². The molecule has 0 atom stereocenters. The van der Waals surface area contributed by atoms with Gasteiger partial charge in [-0.15, -0.1) is 0 Å². The van der Waals surface area contributed by atoms with Crippen molar-refractivity contribution < 1.29 is 14.3 Å². The number of nitrogens with one attached hydrogen (secondary N) is 2. The maximum atomic E-state index is 13.2. The van der Waals surface area contributed by atoms with Gasteiger partial charge in [-0.2, -0.15) is 0 Å². The van der Waals surface area contributed by atoms with Crippen LogP contribution in [0.4, 0.5) is 4.39 Å². The van der Waals surface area contributed by atoms with Crippen LogP contribution in [0.25, 0.3) is 0 Å². The minimum absolute atomic E-state index is 0.0535. The predicted molar refractivity (Wildman–Crippen MR) is 58.9 cm³/mol. The van der Waals surface area contributed by atoms with Crippen molar-refractivity contribution in [3.05, 3.63) is 29.6 Å². The number of rotatable bonds is 5. The van der Waals surface area contributed by atoms with Gasteiger partial charge in [0, 0.05) is 12.6 Å². The van der Waals surface area contributed by atoms with Gasteiger partial charge in [0.15, 0.2) is 0 Å². The van der Waals surface area contributed by atoms with Crippen LogP contribution in [0.5, 0.6) is 5.75 Å². The molecule has 0 aromatic heterocycles. The molecular weight excluding hydrogens is 211 g/mol. The molecule has 1 rings (SSSR count). The average molecular weight is 226 g/mol. The number of benzene rings is 1. The summed E-state index contributed by atoms with van der Waals surface area (Å²) in [5, 5.41) is 14.5. The van der Waals surface area contributed by atoms with Crippen molar-refractivity contribution in [3.63, 3.8) is 0 Å². The Kier molecular flexibility index (Phi) is 4.72. The van der Waals surface area contributed by atoms with Crippen LogP contribution < -0.4 is 10.6 Å². The SMILES string of the molecule is CNCCCNC(=O)c1ccc(O)cc1F. The quantitative estimate of drug-likeness (QED) is 0.653. The predicted octanol–water partition coefficient (Wildman–Crippen LogP) is 0.871. The van der Waals surface area contributed by atoms with E-state index in [1.54, 1.807) is 0 Å². The molecule has 0 saturated heterocycles. The van der Waals surface area contributed by atoms with E-state index in [4.69, 9.17) is 5.11 Å². The van der Waals surface area contributed by atoms with Crippen LogP contribution in [0, 0.1) is 5.82 Å². The number of phenols is 1. The number of carbonyl (C=O) groups is 1. The number of aromatic hydroxyl groups is 1. The fourth-order valence-electron chi connectivity index (χ4n) is 1.25. The molecule has 0 aliphatic carbocycles. The summed E-state index contributed by atoms with van der Waals surface area (Å²) >= 11 is 0. The van der Waals surface area contributed by atoms with Gasteiger partial charge in [-0.05, 0) is 32.1 Å². The normalized spacial score (nSPS) is 10.1. The smallest absolute Gasteiger partial charge is 0.254 e. The molecule has 0 aliphatic rings. The summed E-state index contributed by atoms with van der Waals surface area (Å²) in [7, 11) is 1.82. The summed E-state index contributed by atoms with van der Waals surface area (Å²) < 4.78 is 13.2. The van der Waals surface area contributed by atoms with Crippen molar-refractivity contribution in [1.29, 1.82) is 0 Å². The number of halogens is 1. The molecule has 0 fully saturated rings. The van der Waals surface area contributed by atoms with E-state index in [-0.39, 0.29) is 11.3 Å². The first kappa shape index (κ1) is 12.4. The third kappa shape index (κ3) is 3.51. The molecule has 1 aromatic carbocycles. The lowest BCUT2D eigenvalue weighted by Crippen LogP contribution is -2.27. The van der Waals surface area contributed by atoms with E-state index in [9.17, 15) is 9.18 Å². The Morgan fingerprint density at radius 1 is 1.44 bits per heavy atom. The summed E-state index contributed by atoms with van der Waals surface area (Å²) in [5.41, 5.74) is -0.0535. The molecule has 0 saturated carbocycles. The van der Waals surface area contributed by atoms with Crippen molar-refractivity contribution in [1.82, 2.24) is 10.6 Å². The van der Waals surface area contributed by atoms with E-state index >= 15 is 0 Å². The van der Waals surface area contributed by atoms with E-state index < -0.39 is 11.7 Å². The molecule has 88 valence electrons. The van der Waals surface area contributed by atoms with E-state index in [0.29, 0.717) is 6.54 Å². The summed E-state index contributed by atoms with van der Waals surface area (Å²) in [4.78, 5) is 11.5. The summed E-state index contributed by atoms with van der Waals surface area (Å²) in [6.07, 6.45) is 0.780. The molecule has 16 heavy (non-hydrogen) atoms. The zero-order valence-electron chi connectivity index (χ0n) is 9.09. The molecule has 0 radical (unpaired) electrons. The molecule has 5 heteroatoms. The Hall–Kier alpha value is -1.62. The first-order valence-corrected chi connectivity index (χ1v) is 5.06. The number of carbonyl (C=O) groups excluding carboxylic acids is 1. The number of amides is 1. The Morgan fingerprint density at radius 2 is 2.19 bits per heavy atom. The molecular formula is C11H15FN2O2. The van der Waals surface area contributed by atoms with Crippen LogP contribution >= 0.6 is 0 Å². The van der Waals surface area contributed by atoms with Gasteiger partial charge >= 0.3 is 0 Å². The van der Waals surface area contributed by atoms with Crippen molar-refractivity contribution in [2.45, 2.75) is 6.42 Å². The number of phenolic OH excluding ortho intramolecular Hbond substituents is 1. The average Bonchev–Trinajstić information content (AvgIpc) is 2.24. The lowest BCUT2D eigenvalue weighted by Gasteiger charge is -2.06. The molecule has 0 spiro atoms. The van der Waals surface area contributed by atoms with E-state index in [2.05, 4.69) is 10.6 Å². The Morgan fingerprint density at radius 3 is 2.81 bits per heavy atom. The minimum atomic E-state index is -0.717. The minimum Gasteiger partial charge on any atom is -0.508 e. The van der Waals surface area contributed by atoms with Gasteiger partial charge in [-0.25, -0.2) is 4.39 Å². The first-order chi connectivity index (χ1) is 7.65. The van der Waals surface area contributed by atoms with Gasteiger partial charge in [-0.1, -0.05) is 0 Å². The Balaban J connectivity index is 2.53. The molecule has 3 N–H and O–H groups in total. The Bertz CT molecular complexity index is 369. The van der Waals surface area contributed by atoms with Gasteiger partial charge in [0.2, 0.25) is 0 Å². The number of hydrogen-bond donors (Lipinski definition) is 3. The lowest BCUT2D eigenvalue weighted by atomic mass is 10.2. The van der Waals surface area contributed by atoms with Crippen molar-refractivity contribution >= 4 is 5.91 Å². The van der Waals surface area contributed by atoms with Gasteiger partial charge in [0.05, 0.1) is 5.56 Å². The first-order valence-electron chi connectivity index (χ1n) is 5.06. The molecule has 0 unspecified atom stereocenters. The van der Waals surface area contributed by atoms with Crippen LogP contribution in [0.1, 0.15) is 16.8 Å². The van der Waals surface area contributed by atoms with E-state index in [0.717, 1.165) is 19.0 Å². The highest BCUT2D eigenvalue weighted by atomic mass is 19.1. The van der Waals surface area contributed by atoms with Crippen LogP contribution in [-0.4, -0.2) is 31.2 Å². The highest BCUT2D eigenvalue weighted by molar-refractivity contribution is 5.94. The van der Waals surface area contributed by atoms with Crippen LogP contribution in [-0.2, 0) is 0 Å². The van der Waals surface area contributed by atoms with Crippen molar-refractivity contribution in [2.75, 3.05) is 20.1 Å². The third-order valence-electron chi connectivity index (χ3n) is 2.09. The van der Waals surface area contributed by atoms with Crippen LogP contribution in [0.15, 0.2) is 18.2 Å². The maximum absolute atomic E-state index is 13.2. The third-order valence-corrected chi connectivity index (χ3v) is 2.09. The number of hydrogen-bond acceptors (Lipinski definition) is 3. The molecule has 0 heterocycles. The molecule has 1 aromatic rings. The zero-order valence-corrected chi connectivity index (χ0v) is 9.09. The van der Waals surface area contributed by atoms with Gasteiger partial charge in [0.1, 0.15) is 11.6 Å². The monoisotopic (exact) mass is 226 g/mol. The largest absolute Gasteiger partial charge is 0.508 e. The maximum Gasteiger partial charge on any atom is 0.254 e. The summed E-state index contributed by atoms with van der Waals surface area (Å²) in [5.74, 6) is -1.37. The highest BCUT2D eigenvalue weighted by Crippen LogP contribution is 2.14. The lowest BCUT2D eigenvalue weighted by molar-refractivity contribution is 0.0949. The van der Waals surface area contributed by atoms with Crippen molar-refractivity contribution in [2.24, 2.45) is 0 Å². The van der Waals surface area contributed by atoms with E-state index in [1.807, 2.05) is 7.05 Å². The van der Waals surface area contributed by atoms with Crippen LogP contribution in [0.3, 0.4) is 0 Å². The topological polar surface area (TPSA) is 61.4 Å². The van der Waals surface area contributed by atoms with Crippen molar-refractivity contribution in [3.8, 4) is 5.75 Å². The molecule has 1 amide bonds. The molecule has 0 aliphatic heterocycles. The molecule has 4 nitrogen and oxygen atoms in total. The van der Waals surface area contributed by atoms with Gasteiger partial charge in [0.25, 0.3) is 5.91 Å². The Labute approximate surface area is 93.5 Å². The zero-order chi connectivity index (χ0) is 12.0. The van der Waals surface area contributed by atoms with Gasteiger partial charge < -0.3 is 15.7 Å². The summed E-state index contributed by atoms with van der Waals surface area (Å²) in [6.45, 7) is 1.28. The standard InChI is InChI=1S/C11H15FN2O2/c1-13-5-2-6-14-11(16)9-4-3-8(15)7-10(9)12/h3-4,7,13,15H,2,5-6H2,1H3,(H,14,16). The highest BCUT2D eigenvalue weighted by Gasteiger charge is 2.11. The van der Waals surface area contributed by atoms with Gasteiger partial charge in [-0.3, -0.25) is 4.79 Å². The van der Waals surface area contributed by atoms with E-state index in [1.165, 1.54) is 12.1 Å². The summed E-state index contributed by atoms with van der Waals surface area (Å²) in [6, 6.07) is 3.46. The second-order valence-corrected chi connectivity index (χ2v) is 3.38. The second-order valence-electron chi connectivity index (χ2n) is 3.38. The second kappa shape index (κ2) is 6.07. The fraction of sp³-hybridized carbons (Fsp3) is 0.364.